The van der Waals surface area contributed by atoms with Gasteiger partial charge in [0.1, 0.15) is 22.8 Å². The van der Waals surface area contributed by atoms with Gasteiger partial charge in [-0.05, 0) is 144 Å². The van der Waals surface area contributed by atoms with Crippen LogP contribution >= 0.6 is 0 Å². The van der Waals surface area contributed by atoms with Crippen molar-refractivity contribution in [1.29, 1.82) is 0 Å². The van der Waals surface area contributed by atoms with Crippen LogP contribution in [-0.4, -0.2) is 143 Å². The topological polar surface area (TPSA) is 218 Å². The van der Waals surface area contributed by atoms with Crippen molar-refractivity contribution in [2.45, 2.75) is 131 Å². The largest absolute Gasteiger partial charge is 0.444 e. The van der Waals surface area contributed by atoms with Crippen molar-refractivity contribution in [3.05, 3.63) is 71.0 Å². The number of hydrogen-bond acceptors (Lipinski definition) is 14. The number of amides is 6. The zero-order chi connectivity index (χ0) is 53.5. The summed E-state index contributed by atoms with van der Waals surface area (Å²) in [4.78, 5) is 77.8. The highest BCUT2D eigenvalue weighted by Crippen LogP contribution is 2.39. The minimum absolute atomic E-state index is 0.170. The van der Waals surface area contributed by atoms with Crippen molar-refractivity contribution in [3.63, 3.8) is 0 Å². The van der Waals surface area contributed by atoms with Gasteiger partial charge in [0.15, 0.2) is 11.6 Å². The molecule has 0 bridgehead atoms. The average Bonchev–Trinajstić information content (AvgIpc) is 3.34. The number of fused-ring (bicyclic) bond motifs is 2. The SMILES string of the molecule is CCNC(=O)Nc1ccc(-c2nc3c(c(N4CCOC[C@@H]4C)n2)CCN(C(=O)OC(C)(C)C)[C@@H]3C)cc1.CCNC(=O)Nc1ccc(-c2nc3c(c(N4CCOC[C@@H]4C)n2)CCN(C(=O)OC(C)(C)C)[C@H]3C)cc1. The molecule has 74 heavy (non-hydrogen) atoms. The summed E-state index contributed by atoms with van der Waals surface area (Å²) in [5, 5.41) is 11.1. The van der Waals surface area contributed by atoms with Gasteiger partial charge in [-0.1, -0.05) is 0 Å². The number of nitrogens with zero attached hydrogens (tertiary/aromatic N) is 8. The molecule has 2 saturated heterocycles. The second-order valence-electron chi connectivity index (χ2n) is 21.0. The fourth-order valence-corrected chi connectivity index (χ4v) is 9.33. The standard InChI is InChI=1S/2C27H38N6O4/c2*1-7-28-25(34)29-20-10-8-19(9-11-20)23-30-22-18(3)33(26(35)37-27(4,5)6)13-12-21(22)24(31-23)32-14-15-36-16-17(32)2/h2*8-11,17-18H,7,12-16H2,1-6H3,(H2,28,29,34)/t17-,18+;17-,18-/m00/s1. The number of ether oxygens (including phenoxy) is 4. The Morgan fingerprint density at radius 1 is 0.568 bits per heavy atom. The van der Waals surface area contributed by atoms with Crippen LogP contribution in [0.1, 0.15) is 118 Å². The number of rotatable bonds is 8. The number of urea groups is 2. The Morgan fingerprint density at radius 2 is 0.932 bits per heavy atom. The summed E-state index contributed by atoms with van der Waals surface area (Å²) in [6, 6.07) is 14.2. The molecule has 8 rings (SSSR count). The predicted molar refractivity (Wildman–Crippen MR) is 286 cm³/mol. The van der Waals surface area contributed by atoms with E-state index in [4.69, 9.17) is 38.9 Å². The highest BCUT2D eigenvalue weighted by molar-refractivity contribution is 5.90. The van der Waals surface area contributed by atoms with Gasteiger partial charge < -0.3 is 50.0 Å². The lowest BCUT2D eigenvalue weighted by atomic mass is 9.98. The van der Waals surface area contributed by atoms with E-state index in [0.717, 1.165) is 58.4 Å². The molecule has 2 aromatic carbocycles. The third-order valence-corrected chi connectivity index (χ3v) is 13.0. The summed E-state index contributed by atoms with van der Waals surface area (Å²) in [6.07, 6.45) is 0.614. The van der Waals surface area contributed by atoms with Gasteiger partial charge in [-0.3, -0.25) is 9.80 Å². The van der Waals surface area contributed by atoms with Crippen molar-refractivity contribution in [3.8, 4) is 22.8 Å². The Labute approximate surface area is 435 Å². The van der Waals surface area contributed by atoms with E-state index in [9.17, 15) is 19.2 Å². The van der Waals surface area contributed by atoms with Crippen molar-refractivity contribution in [2.24, 2.45) is 0 Å². The highest BCUT2D eigenvalue weighted by atomic mass is 16.6. The molecule has 4 aliphatic rings. The van der Waals surface area contributed by atoms with Gasteiger partial charge in [-0.15, -0.1) is 0 Å². The van der Waals surface area contributed by atoms with Crippen LogP contribution in [0.2, 0.25) is 0 Å². The van der Waals surface area contributed by atoms with Gasteiger partial charge in [0.2, 0.25) is 0 Å². The molecule has 4 N–H and O–H groups in total. The Bertz CT molecular complexity index is 2440. The number of carbonyl (C=O) groups is 4. The number of morpholine rings is 2. The van der Waals surface area contributed by atoms with Crippen LogP contribution in [-0.2, 0) is 31.8 Å². The molecular weight excluding hydrogens is 945 g/mol. The Morgan fingerprint density at radius 3 is 1.26 bits per heavy atom. The molecule has 6 amide bonds. The number of benzene rings is 2. The smallest absolute Gasteiger partial charge is 0.410 e. The first-order chi connectivity index (χ1) is 35.1. The van der Waals surface area contributed by atoms with E-state index in [-0.39, 0.29) is 48.4 Å². The van der Waals surface area contributed by atoms with Crippen molar-refractivity contribution in [1.82, 2.24) is 40.4 Å². The van der Waals surface area contributed by atoms with Crippen LogP contribution in [0.25, 0.3) is 22.8 Å². The zero-order valence-electron chi connectivity index (χ0n) is 45.3. The lowest BCUT2D eigenvalue weighted by Crippen LogP contribution is -2.46. The minimum Gasteiger partial charge on any atom is -0.444 e. The monoisotopic (exact) mass is 1020 g/mol. The Balaban J connectivity index is 0.000000216. The molecule has 4 aromatic rings. The van der Waals surface area contributed by atoms with E-state index in [2.05, 4.69) is 44.9 Å². The second kappa shape index (κ2) is 23.6. The van der Waals surface area contributed by atoms with Crippen LogP contribution in [0.3, 0.4) is 0 Å². The van der Waals surface area contributed by atoms with Crippen molar-refractivity contribution < 1.29 is 38.1 Å². The Hall–Kier alpha value is -6.80. The number of hydrogen-bond donors (Lipinski definition) is 4. The van der Waals surface area contributed by atoms with Crippen molar-refractivity contribution in [2.75, 3.05) is 86.1 Å². The number of nitrogens with one attached hydrogen (secondary N) is 4. The third kappa shape index (κ3) is 13.5. The molecule has 0 radical (unpaired) electrons. The summed E-state index contributed by atoms with van der Waals surface area (Å²) in [7, 11) is 0. The molecule has 0 unspecified atom stereocenters. The molecule has 20 heteroatoms. The first kappa shape index (κ1) is 55.0. The molecule has 0 spiro atoms. The predicted octanol–water partition coefficient (Wildman–Crippen LogP) is 8.73. The molecule has 2 aromatic heterocycles. The number of anilines is 4. The van der Waals surface area contributed by atoms with E-state index in [1.807, 2.05) is 118 Å². The van der Waals surface area contributed by atoms with Gasteiger partial charge in [0.25, 0.3) is 0 Å². The molecule has 0 aliphatic carbocycles. The van der Waals surface area contributed by atoms with E-state index in [1.165, 1.54) is 0 Å². The van der Waals surface area contributed by atoms with E-state index in [1.54, 1.807) is 9.80 Å². The first-order valence-corrected chi connectivity index (χ1v) is 25.9. The number of carbonyl (C=O) groups excluding carboxylic acids is 4. The summed E-state index contributed by atoms with van der Waals surface area (Å²) >= 11 is 0. The number of aromatic nitrogens is 4. The van der Waals surface area contributed by atoms with Crippen molar-refractivity contribution >= 4 is 47.3 Å². The summed E-state index contributed by atoms with van der Waals surface area (Å²) in [5.74, 6) is 2.96. The summed E-state index contributed by atoms with van der Waals surface area (Å²) in [5.41, 5.74) is 5.66. The molecule has 4 atom stereocenters. The van der Waals surface area contributed by atoms with E-state index in [0.29, 0.717) is 88.5 Å². The first-order valence-electron chi connectivity index (χ1n) is 25.9. The average molecular weight is 1020 g/mol. The molecule has 0 saturated carbocycles. The molecule has 400 valence electrons. The van der Waals surface area contributed by atoms with Crippen LogP contribution in [0, 0.1) is 0 Å². The van der Waals surface area contributed by atoms with Crippen LogP contribution in [0.15, 0.2) is 48.5 Å². The maximum Gasteiger partial charge on any atom is 0.410 e. The normalized spacial score (nSPS) is 19.7. The summed E-state index contributed by atoms with van der Waals surface area (Å²) < 4.78 is 22.7. The van der Waals surface area contributed by atoms with Crippen LogP contribution in [0.4, 0.5) is 42.2 Å². The lowest BCUT2D eigenvalue weighted by molar-refractivity contribution is 0.0144. The van der Waals surface area contributed by atoms with Crippen LogP contribution in [0.5, 0.6) is 0 Å². The van der Waals surface area contributed by atoms with Gasteiger partial charge in [-0.2, -0.15) is 0 Å². The fourth-order valence-electron chi connectivity index (χ4n) is 9.33. The minimum atomic E-state index is -0.577. The quantitative estimate of drug-likeness (QED) is 0.130. The molecule has 2 fully saturated rings. The fraction of sp³-hybridized carbons (Fsp3) is 0.556. The Kier molecular flexibility index (Phi) is 17.5. The van der Waals surface area contributed by atoms with Gasteiger partial charge in [0.05, 0.1) is 62.0 Å². The molecule has 20 nitrogen and oxygen atoms in total. The maximum atomic E-state index is 13.0. The summed E-state index contributed by atoms with van der Waals surface area (Å²) in [6.45, 7) is 29.4. The van der Waals surface area contributed by atoms with Gasteiger partial charge >= 0.3 is 24.2 Å². The molecular formula is C54H76N12O8. The van der Waals surface area contributed by atoms with Gasteiger partial charge in [-0.25, -0.2) is 39.1 Å². The second-order valence-corrected chi connectivity index (χ2v) is 21.0. The van der Waals surface area contributed by atoms with E-state index >= 15 is 0 Å². The zero-order valence-corrected chi connectivity index (χ0v) is 45.3. The molecule has 6 heterocycles. The maximum absolute atomic E-state index is 13.0. The van der Waals surface area contributed by atoms with Gasteiger partial charge in [0, 0.05) is 72.9 Å². The highest BCUT2D eigenvalue weighted by Gasteiger charge is 2.38. The van der Waals surface area contributed by atoms with E-state index < -0.39 is 11.2 Å². The lowest BCUT2D eigenvalue weighted by Gasteiger charge is -2.40. The third-order valence-electron chi connectivity index (χ3n) is 13.0. The van der Waals surface area contributed by atoms with Crippen LogP contribution < -0.4 is 31.1 Å². The molecule has 4 aliphatic heterocycles.